The highest BCUT2D eigenvalue weighted by Crippen LogP contribution is 2.29. The number of nitrogens with zero attached hydrogens (tertiary/aromatic N) is 1. The number of fused-ring (bicyclic) bond motifs is 1. The molecule has 0 unspecified atom stereocenters. The first-order valence-corrected chi connectivity index (χ1v) is 8.51. The summed E-state index contributed by atoms with van der Waals surface area (Å²) >= 11 is 0. The number of hydrogen-bond donors (Lipinski definition) is 3. The Morgan fingerprint density at radius 2 is 1.74 bits per heavy atom. The van der Waals surface area contributed by atoms with E-state index in [9.17, 15) is 4.79 Å². The number of para-hydroxylation sites is 1. The predicted octanol–water partition coefficient (Wildman–Crippen LogP) is 4.98. The molecule has 0 radical (unpaired) electrons. The average Bonchev–Trinajstić information content (AvgIpc) is 3.08. The van der Waals surface area contributed by atoms with Gasteiger partial charge in [0.05, 0.1) is 23.2 Å². The van der Waals surface area contributed by atoms with Crippen LogP contribution in [0.25, 0.3) is 22.2 Å². The third kappa shape index (κ3) is 3.43. The van der Waals surface area contributed by atoms with Crippen molar-refractivity contribution in [3.8, 4) is 11.3 Å². The number of rotatable bonds is 5. The van der Waals surface area contributed by atoms with Crippen molar-refractivity contribution in [3.05, 3.63) is 90.0 Å². The van der Waals surface area contributed by atoms with Crippen LogP contribution in [0.1, 0.15) is 15.9 Å². The zero-order chi connectivity index (χ0) is 18.6. The van der Waals surface area contributed by atoms with Crippen LogP contribution < -0.4 is 5.43 Å². The maximum Gasteiger partial charge on any atom is 0.335 e. The zero-order valence-electron chi connectivity index (χ0n) is 14.4. The van der Waals surface area contributed by atoms with E-state index in [1.54, 1.807) is 30.5 Å². The molecule has 0 aliphatic heterocycles. The molecule has 0 atom stereocenters. The van der Waals surface area contributed by atoms with Gasteiger partial charge in [-0.3, -0.25) is 5.43 Å². The minimum Gasteiger partial charge on any atom is -0.478 e. The van der Waals surface area contributed by atoms with Gasteiger partial charge in [-0.1, -0.05) is 54.6 Å². The van der Waals surface area contributed by atoms with Crippen molar-refractivity contribution in [2.45, 2.75) is 0 Å². The van der Waals surface area contributed by atoms with Crippen LogP contribution in [0.2, 0.25) is 0 Å². The largest absolute Gasteiger partial charge is 0.478 e. The first-order valence-electron chi connectivity index (χ1n) is 8.51. The Balaban J connectivity index is 1.70. The lowest BCUT2D eigenvalue weighted by Crippen LogP contribution is -1.98. The Morgan fingerprint density at radius 1 is 0.963 bits per heavy atom. The highest BCUT2D eigenvalue weighted by molar-refractivity contribution is 6.06. The molecular weight excluding hydrogens is 338 g/mol. The molecule has 0 amide bonds. The fourth-order valence-electron chi connectivity index (χ4n) is 3.02. The van der Waals surface area contributed by atoms with Crippen molar-refractivity contribution < 1.29 is 9.90 Å². The smallest absolute Gasteiger partial charge is 0.335 e. The number of H-pyrrole nitrogens is 1. The summed E-state index contributed by atoms with van der Waals surface area (Å²) in [5, 5.41) is 14.5. The van der Waals surface area contributed by atoms with Gasteiger partial charge in [0, 0.05) is 16.5 Å². The van der Waals surface area contributed by atoms with Gasteiger partial charge in [0.15, 0.2) is 0 Å². The monoisotopic (exact) mass is 355 g/mol. The second-order valence-electron chi connectivity index (χ2n) is 6.08. The van der Waals surface area contributed by atoms with Crippen molar-refractivity contribution in [1.82, 2.24) is 4.98 Å². The number of anilines is 1. The summed E-state index contributed by atoms with van der Waals surface area (Å²) in [4.78, 5) is 14.5. The third-order valence-corrected chi connectivity index (χ3v) is 4.31. The van der Waals surface area contributed by atoms with Crippen LogP contribution >= 0.6 is 0 Å². The van der Waals surface area contributed by atoms with Gasteiger partial charge in [-0.15, -0.1) is 0 Å². The van der Waals surface area contributed by atoms with E-state index in [0.717, 1.165) is 27.7 Å². The van der Waals surface area contributed by atoms with E-state index in [4.69, 9.17) is 5.11 Å². The van der Waals surface area contributed by atoms with Gasteiger partial charge < -0.3 is 10.1 Å². The van der Waals surface area contributed by atoms with E-state index in [-0.39, 0.29) is 5.56 Å². The van der Waals surface area contributed by atoms with Crippen LogP contribution in [0.15, 0.2) is 84.0 Å². The average molecular weight is 355 g/mol. The van der Waals surface area contributed by atoms with Gasteiger partial charge >= 0.3 is 5.97 Å². The number of carboxylic acid groups (broad SMARTS) is 1. The Bertz CT molecular complexity index is 1130. The molecule has 4 aromatic rings. The summed E-state index contributed by atoms with van der Waals surface area (Å²) in [6.45, 7) is 0. The van der Waals surface area contributed by atoms with Crippen LogP contribution in [0, 0.1) is 0 Å². The first-order chi connectivity index (χ1) is 13.2. The quantitative estimate of drug-likeness (QED) is 0.349. The fourth-order valence-corrected chi connectivity index (χ4v) is 3.02. The molecule has 3 aromatic carbocycles. The molecule has 3 N–H and O–H groups in total. The summed E-state index contributed by atoms with van der Waals surface area (Å²) in [6, 6.07) is 24.7. The van der Waals surface area contributed by atoms with Crippen LogP contribution in [0.5, 0.6) is 0 Å². The number of aromatic carboxylic acids is 1. The molecular formula is C22H17N3O2. The third-order valence-electron chi connectivity index (χ3n) is 4.31. The lowest BCUT2D eigenvalue weighted by Gasteiger charge is -2.03. The Kier molecular flexibility index (Phi) is 4.41. The second kappa shape index (κ2) is 7.17. The number of carboxylic acids is 1. The number of carbonyl (C=O) groups is 1. The molecule has 132 valence electrons. The number of aromatic amines is 1. The van der Waals surface area contributed by atoms with Crippen LogP contribution in [-0.4, -0.2) is 22.3 Å². The summed E-state index contributed by atoms with van der Waals surface area (Å²) in [6.07, 6.45) is 1.76. The molecule has 0 fully saturated rings. The molecule has 0 saturated carbocycles. The second-order valence-corrected chi connectivity index (χ2v) is 6.08. The van der Waals surface area contributed by atoms with Crippen molar-refractivity contribution in [2.24, 2.45) is 5.10 Å². The van der Waals surface area contributed by atoms with E-state index < -0.39 is 5.97 Å². The Labute approximate surface area is 156 Å². The highest BCUT2D eigenvalue weighted by atomic mass is 16.4. The maximum atomic E-state index is 11.1. The molecule has 0 spiro atoms. The molecule has 1 aromatic heterocycles. The summed E-state index contributed by atoms with van der Waals surface area (Å²) in [5.41, 5.74) is 7.81. The number of hydrogen-bond acceptors (Lipinski definition) is 3. The van der Waals surface area contributed by atoms with E-state index in [1.807, 2.05) is 54.6 Å². The molecule has 4 rings (SSSR count). The summed E-state index contributed by atoms with van der Waals surface area (Å²) in [7, 11) is 0. The highest BCUT2D eigenvalue weighted by Gasteiger charge is 2.11. The molecule has 0 bridgehead atoms. The van der Waals surface area contributed by atoms with Crippen molar-refractivity contribution in [2.75, 3.05) is 5.43 Å². The minimum absolute atomic E-state index is 0.215. The lowest BCUT2D eigenvalue weighted by atomic mass is 10.1. The maximum absolute atomic E-state index is 11.1. The van der Waals surface area contributed by atoms with Crippen molar-refractivity contribution >= 4 is 28.8 Å². The molecule has 0 aliphatic carbocycles. The first kappa shape index (κ1) is 16.6. The van der Waals surface area contributed by atoms with E-state index >= 15 is 0 Å². The van der Waals surface area contributed by atoms with Crippen molar-refractivity contribution in [1.29, 1.82) is 0 Å². The van der Waals surface area contributed by atoms with Gasteiger partial charge in [0.2, 0.25) is 0 Å². The topological polar surface area (TPSA) is 77.5 Å². The van der Waals surface area contributed by atoms with Gasteiger partial charge in [-0.2, -0.15) is 5.10 Å². The number of hydrazone groups is 1. The number of aromatic nitrogens is 1. The SMILES string of the molecule is O=C(O)c1cccc(NN=Cc2c(-c3ccccc3)[nH]c3ccccc23)c1. The molecule has 1 heterocycles. The van der Waals surface area contributed by atoms with Crippen LogP contribution in [0.3, 0.4) is 0 Å². The van der Waals surface area contributed by atoms with Gasteiger partial charge in [0.25, 0.3) is 0 Å². The number of benzene rings is 3. The predicted molar refractivity (Wildman–Crippen MR) is 108 cm³/mol. The summed E-state index contributed by atoms with van der Waals surface area (Å²) in [5.74, 6) is -0.967. The molecule has 27 heavy (non-hydrogen) atoms. The normalized spacial score (nSPS) is 11.1. The van der Waals surface area contributed by atoms with E-state index in [0.29, 0.717) is 5.69 Å². The summed E-state index contributed by atoms with van der Waals surface area (Å²) < 4.78 is 0. The Hall–Kier alpha value is -3.86. The van der Waals surface area contributed by atoms with Gasteiger partial charge in [-0.05, 0) is 29.8 Å². The molecule has 0 aliphatic rings. The van der Waals surface area contributed by atoms with Crippen LogP contribution in [0.4, 0.5) is 5.69 Å². The zero-order valence-corrected chi connectivity index (χ0v) is 14.4. The standard InChI is InChI=1S/C22H17N3O2/c26-22(27)16-9-6-10-17(13-16)25-23-14-19-18-11-4-5-12-20(18)24-21(19)15-7-2-1-3-8-15/h1-14,24-25H,(H,26,27). The van der Waals surface area contributed by atoms with Crippen molar-refractivity contribution in [3.63, 3.8) is 0 Å². The number of nitrogens with one attached hydrogen (secondary N) is 2. The van der Waals surface area contributed by atoms with Crippen LogP contribution in [-0.2, 0) is 0 Å². The van der Waals surface area contributed by atoms with E-state index in [1.165, 1.54) is 0 Å². The Morgan fingerprint density at radius 3 is 2.56 bits per heavy atom. The van der Waals surface area contributed by atoms with E-state index in [2.05, 4.69) is 15.5 Å². The molecule has 5 nitrogen and oxygen atoms in total. The van der Waals surface area contributed by atoms with Gasteiger partial charge in [0.1, 0.15) is 0 Å². The van der Waals surface area contributed by atoms with Gasteiger partial charge in [-0.25, -0.2) is 4.79 Å². The molecule has 0 saturated heterocycles. The minimum atomic E-state index is -0.967. The molecule has 5 heteroatoms. The lowest BCUT2D eigenvalue weighted by molar-refractivity contribution is 0.0697. The fraction of sp³-hybridized carbons (Fsp3) is 0.